The van der Waals surface area contributed by atoms with Crippen molar-refractivity contribution in [3.8, 4) is 5.69 Å². The van der Waals surface area contributed by atoms with Crippen molar-refractivity contribution in [1.29, 1.82) is 0 Å². The SMILES string of the molecule is Cc1ccc(C(=O)O)cc1N(CCCc1ccccc1)C(=O)n1nnn(-c2c(F)cccc2F)c1=O. The molecule has 0 aliphatic carbocycles. The fraction of sp³-hybridized carbons (Fsp3) is 0.160. The minimum absolute atomic E-state index is 0.0547. The summed E-state index contributed by atoms with van der Waals surface area (Å²) in [6, 6.07) is 15.9. The molecule has 0 fully saturated rings. The smallest absolute Gasteiger partial charge is 0.377 e. The van der Waals surface area contributed by atoms with Gasteiger partial charge in [-0.25, -0.2) is 23.2 Å². The van der Waals surface area contributed by atoms with E-state index in [1.54, 1.807) is 13.0 Å². The van der Waals surface area contributed by atoms with Crippen molar-refractivity contribution in [2.24, 2.45) is 0 Å². The van der Waals surface area contributed by atoms with Gasteiger partial charge in [0, 0.05) is 12.2 Å². The summed E-state index contributed by atoms with van der Waals surface area (Å²) in [5.74, 6) is -3.30. The maximum atomic E-state index is 14.2. The molecule has 36 heavy (non-hydrogen) atoms. The van der Waals surface area contributed by atoms with Gasteiger partial charge in [-0.1, -0.05) is 42.5 Å². The van der Waals surface area contributed by atoms with Gasteiger partial charge in [0.1, 0.15) is 5.69 Å². The lowest BCUT2D eigenvalue weighted by molar-refractivity contribution is 0.0697. The normalized spacial score (nSPS) is 10.9. The fourth-order valence-corrected chi connectivity index (χ4v) is 3.75. The number of benzene rings is 3. The predicted molar refractivity (Wildman–Crippen MR) is 127 cm³/mol. The van der Waals surface area contributed by atoms with Gasteiger partial charge in [0.25, 0.3) is 0 Å². The number of anilines is 1. The van der Waals surface area contributed by atoms with Crippen molar-refractivity contribution < 1.29 is 23.5 Å². The zero-order chi connectivity index (χ0) is 25.8. The molecule has 1 aromatic heterocycles. The number of carboxylic acids is 1. The van der Waals surface area contributed by atoms with E-state index in [9.17, 15) is 28.3 Å². The molecule has 11 heteroatoms. The number of carbonyl (C=O) groups is 2. The first-order chi connectivity index (χ1) is 17.3. The van der Waals surface area contributed by atoms with Crippen LogP contribution in [0, 0.1) is 18.6 Å². The molecule has 0 bridgehead atoms. The summed E-state index contributed by atoms with van der Waals surface area (Å²) in [4.78, 5) is 39.2. The van der Waals surface area contributed by atoms with Crippen molar-refractivity contribution in [3.63, 3.8) is 0 Å². The number of tetrazole rings is 1. The highest BCUT2D eigenvalue weighted by atomic mass is 19.1. The maximum absolute atomic E-state index is 14.2. The zero-order valence-corrected chi connectivity index (χ0v) is 19.1. The van der Waals surface area contributed by atoms with Gasteiger partial charge in [-0.05, 0) is 65.6 Å². The molecule has 1 heterocycles. The molecule has 0 saturated heterocycles. The van der Waals surface area contributed by atoms with E-state index < -0.39 is 35.0 Å². The van der Waals surface area contributed by atoms with Gasteiger partial charge in [0.15, 0.2) is 11.6 Å². The van der Waals surface area contributed by atoms with Crippen LogP contribution >= 0.6 is 0 Å². The Bertz CT molecular complexity index is 1460. The second kappa shape index (κ2) is 10.3. The van der Waals surface area contributed by atoms with E-state index in [-0.39, 0.29) is 17.8 Å². The number of carboxylic acid groups (broad SMARTS) is 1. The summed E-state index contributed by atoms with van der Waals surface area (Å²) in [5.41, 5.74) is -0.134. The number of aromatic carboxylic acids is 1. The third kappa shape index (κ3) is 4.90. The van der Waals surface area contributed by atoms with Crippen molar-refractivity contribution in [1.82, 2.24) is 19.8 Å². The molecule has 184 valence electrons. The molecule has 0 aliphatic rings. The summed E-state index contributed by atoms with van der Waals surface area (Å²) >= 11 is 0. The van der Waals surface area contributed by atoms with Crippen LogP contribution in [0.3, 0.4) is 0 Å². The first kappa shape index (κ1) is 24.5. The summed E-state index contributed by atoms with van der Waals surface area (Å²) in [7, 11) is 0. The van der Waals surface area contributed by atoms with Crippen LogP contribution in [0.5, 0.6) is 0 Å². The van der Waals surface area contributed by atoms with Gasteiger partial charge in [-0.15, -0.1) is 4.68 Å². The highest BCUT2D eigenvalue weighted by Crippen LogP contribution is 2.24. The van der Waals surface area contributed by atoms with Gasteiger partial charge < -0.3 is 5.11 Å². The van der Waals surface area contributed by atoms with Crippen molar-refractivity contribution in [2.75, 3.05) is 11.4 Å². The summed E-state index contributed by atoms with van der Waals surface area (Å²) in [6.07, 6.45) is 1.07. The Kier molecular flexibility index (Phi) is 7.00. The third-order valence-electron chi connectivity index (χ3n) is 5.58. The minimum atomic E-state index is -1.19. The summed E-state index contributed by atoms with van der Waals surface area (Å²) in [5, 5.41) is 16.5. The number of aryl methyl sites for hydroxylation is 2. The molecule has 9 nitrogen and oxygen atoms in total. The molecular formula is C25H21F2N5O4. The van der Waals surface area contributed by atoms with Crippen molar-refractivity contribution >= 4 is 17.7 Å². The molecule has 0 saturated carbocycles. The molecule has 1 amide bonds. The summed E-state index contributed by atoms with van der Waals surface area (Å²) in [6.45, 7) is 1.79. The second-order valence-corrected chi connectivity index (χ2v) is 7.99. The van der Waals surface area contributed by atoms with Crippen LogP contribution in [0.4, 0.5) is 19.3 Å². The van der Waals surface area contributed by atoms with Crippen LogP contribution in [0.1, 0.15) is 27.9 Å². The number of rotatable bonds is 7. The molecule has 3 aromatic carbocycles. The van der Waals surface area contributed by atoms with Gasteiger partial charge in [-0.2, -0.15) is 4.68 Å². The molecule has 0 radical (unpaired) electrons. The number of amides is 1. The lowest BCUT2D eigenvalue weighted by Crippen LogP contribution is -2.42. The predicted octanol–water partition coefficient (Wildman–Crippen LogP) is 3.82. The van der Waals surface area contributed by atoms with E-state index in [1.807, 2.05) is 30.3 Å². The monoisotopic (exact) mass is 493 g/mol. The van der Waals surface area contributed by atoms with Crippen molar-refractivity contribution in [2.45, 2.75) is 19.8 Å². The van der Waals surface area contributed by atoms with E-state index in [4.69, 9.17) is 0 Å². The number of halogens is 2. The highest BCUT2D eigenvalue weighted by Gasteiger charge is 2.26. The summed E-state index contributed by atoms with van der Waals surface area (Å²) < 4.78 is 29.2. The van der Waals surface area contributed by atoms with Crippen LogP contribution < -0.4 is 10.6 Å². The lowest BCUT2D eigenvalue weighted by Gasteiger charge is -2.24. The molecule has 0 unspecified atom stereocenters. The number of carbonyl (C=O) groups excluding carboxylic acids is 1. The van der Waals surface area contributed by atoms with Gasteiger partial charge >= 0.3 is 17.7 Å². The standard InChI is InChI=1S/C25H21F2N5O4/c1-16-12-13-18(23(33)34)15-21(16)30(14-6-9-17-7-3-2-4-8-17)24(35)32-25(36)31(28-29-32)22-19(26)10-5-11-20(22)27/h2-5,7-8,10-13,15H,6,9,14H2,1H3,(H,33,34). The Morgan fingerprint density at radius 1 is 0.972 bits per heavy atom. The van der Waals surface area contributed by atoms with E-state index in [0.29, 0.717) is 27.8 Å². The molecule has 0 spiro atoms. The number of aromatic nitrogens is 4. The van der Waals surface area contributed by atoms with E-state index in [1.165, 1.54) is 17.0 Å². The van der Waals surface area contributed by atoms with Gasteiger partial charge in [0.05, 0.1) is 5.56 Å². The molecule has 4 rings (SSSR count). The van der Waals surface area contributed by atoms with Crippen molar-refractivity contribution in [3.05, 3.63) is 106 Å². The zero-order valence-electron chi connectivity index (χ0n) is 19.1. The first-order valence-corrected chi connectivity index (χ1v) is 11.0. The highest BCUT2D eigenvalue weighted by molar-refractivity contribution is 5.96. The van der Waals surface area contributed by atoms with Crippen LogP contribution in [0.2, 0.25) is 0 Å². The Morgan fingerprint density at radius 3 is 2.33 bits per heavy atom. The first-order valence-electron chi connectivity index (χ1n) is 11.0. The Balaban J connectivity index is 1.72. The van der Waals surface area contributed by atoms with Gasteiger partial charge in [0.2, 0.25) is 0 Å². The Morgan fingerprint density at radius 2 is 1.67 bits per heavy atom. The van der Waals surface area contributed by atoms with E-state index >= 15 is 0 Å². The molecule has 0 aliphatic heterocycles. The van der Waals surface area contributed by atoms with Crippen LogP contribution in [0.25, 0.3) is 5.69 Å². The fourth-order valence-electron chi connectivity index (χ4n) is 3.75. The number of nitrogens with zero attached hydrogens (tertiary/aromatic N) is 5. The molecule has 4 aromatic rings. The Labute approximate surface area is 203 Å². The second-order valence-electron chi connectivity index (χ2n) is 7.99. The third-order valence-corrected chi connectivity index (χ3v) is 5.58. The largest absolute Gasteiger partial charge is 0.478 e. The average molecular weight is 493 g/mol. The van der Waals surface area contributed by atoms with E-state index in [2.05, 4.69) is 10.4 Å². The number of hydrogen-bond acceptors (Lipinski definition) is 5. The number of hydrogen-bond donors (Lipinski definition) is 1. The molecular weight excluding hydrogens is 472 g/mol. The molecule has 1 N–H and O–H groups in total. The topological polar surface area (TPSA) is 110 Å². The lowest BCUT2D eigenvalue weighted by atomic mass is 10.1. The maximum Gasteiger partial charge on any atom is 0.377 e. The Hall–Kier alpha value is -4.67. The van der Waals surface area contributed by atoms with Gasteiger partial charge in [-0.3, -0.25) is 4.90 Å². The minimum Gasteiger partial charge on any atom is -0.478 e. The quantitative estimate of drug-likeness (QED) is 0.392. The molecule has 0 atom stereocenters. The van der Waals surface area contributed by atoms with E-state index in [0.717, 1.165) is 23.8 Å². The average Bonchev–Trinajstić information content (AvgIpc) is 3.23. The van der Waals surface area contributed by atoms with Crippen LogP contribution in [-0.4, -0.2) is 43.4 Å². The van der Waals surface area contributed by atoms with Crippen LogP contribution in [-0.2, 0) is 6.42 Å². The van der Waals surface area contributed by atoms with Crippen LogP contribution in [0.15, 0.2) is 71.5 Å². The number of para-hydroxylation sites is 1.